The van der Waals surface area contributed by atoms with Crippen molar-refractivity contribution in [1.29, 1.82) is 0 Å². The lowest BCUT2D eigenvalue weighted by molar-refractivity contribution is 0.139. The number of fused-ring (bicyclic) bond motifs is 1. The fourth-order valence-electron chi connectivity index (χ4n) is 5.38. The van der Waals surface area contributed by atoms with Crippen LogP contribution in [0.15, 0.2) is 23.8 Å². The highest BCUT2D eigenvalue weighted by atomic mass is 16.3. The van der Waals surface area contributed by atoms with Crippen LogP contribution in [0.25, 0.3) is 0 Å². The van der Waals surface area contributed by atoms with Gasteiger partial charge < -0.3 is 20.4 Å². The van der Waals surface area contributed by atoms with Crippen LogP contribution in [0.5, 0.6) is 0 Å². The molecule has 0 spiro atoms. The zero-order chi connectivity index (χ0) is 19.8. The van der Waals surface area contributed by atoms with Gasteiger partial charge in [0.1, 0.15) is 0 Å². The van der Waals surface area contributed by atoms with E-state index in [1.54, 1.807) is 0 Å². The van der Waals surface area contributed by atoms with Gasteiger partial charge in [0, 0.05) is 12.5 Å². The van der Waals surface area contributed by atoms with Crippen molar-refractivity contribution in [2.45, 2.75) is 76.9 Å². The molecule has 0 aromatic heterocycles. The quantitative estimate of drug-likeness (QED) is 0.353. The van der Waals surface area contributed by atoms with Gasteiger partial charge in [-0.1, -0.05) is 50.0 Å². The Hall–Kier alpha value is -0.680. The van der Waals surface area contributed by atoms with Gasteiger partial charge >= 0.3 is 0 Å². The second kappa shape index (κ2) is 11.5. The summed E-state index contributed by atoms with van der Waals surface area (Å²) in [4.78, 5) is 2.58. The largest absolute Gasteiger partial charge is 0.392 e. The summed E-state index contributed by atoms with van der Waals surface area (Å²) < 4.78 is 0. The number of allylic oxidation sites excluding steroid dienone is 1. The molecule has 0 amide bonds. The number of unbranched alkanes of at least 4 members (excludes halogenated alkanes) is 2. The first-order chi connectivity index (χ1) is 13.7. The Morgan fingerprint density at radius 2 is 2.07 bits per heavy atom. The van der Waals surface area contributed by atoms with Gasteiger partial charge in [0.15, 0.2) is 0 Å². The second-order valence-corrected chi connectivity index (χ2v) is 9.26. The number of hydrogen-bond donors (Lipinski definition) is 3. The van der Waals surface area contributed by atoms with Crippen LogP contribution in [0.4, 0.5) is 0 Å². The predicted octanol–water partition coefficient (Wildman–Crippen LogP) is 3.50. The summed E-state index contributed by atoms with van der Waals surface area (Å²) in [6.07, 6.45) is 16.1. The fraction of sp³-hybridized carbons (Fsp3) is 0.833. The summed E-state index contributed by atoms with van der Waals surface area (Å²) in [6, 6.07) is 0. The van der Waals surface area contributed by atoms with Crippen LogP contribution in [-0.2, 0) is 0 Å². The maximum atomic E-state index is 10.5. The van der Waals surface area contributed by atoms with Crippen molar-refractivity contribution in [1.82, 2.24) is 10.2 Å². The maximum Gasteiger partial charge on any atom is 0.0721 e. The molecule has 160 valence electrons. The monoisotopic (exact) mass is 390 g/mol. The fourth-order valence-corrected chi connectivity index (χ4v) is 5.38. The maximum absolute atomic E-state index is 10.5. The Balaban J connectivity index is 1.36. The van der Waals surface area contributed by atoms with Gasteiger partial charge in [0.2, 0.25) is 0 Å². The summed E-state index contributed by atoms with van der Waals surface area (Å²) in [6.45, 7) is 8.09. The number of likely N-dealkylation sites (tertiary alicyclic amines) is 1. The van der Waals surface area contributed by atoms with E-state index in [9.17, 15) is 10.2 Å². The molecular formula is C24H42N2O2. The van der Waals surface area contributed by atoms with Crippen molar-refractivity contribution in [3.8, 4) is 0 Å². The molecule has 4 heteroatoms. The molecule has 1 heterocycles. The normalized spacial score (nSPS) is 31.6. The van der Waals surface area contributed by atoms with E-state index in [1.807, 2.05) is 6.08 Å². The van der Waals surface area contributed by atoms with Crippen LogP contribution in [0, 0.1) is 17.8 Å². The Kier molecular flexibility index (Phi) is 9.04. The van der Waals surface area contributed by atoms with Gasteiger partial charge in [-0.3, -0.25) is 0 Å². The molecule has 4 nitrogen and oxygen atoms in total. The number of aliphatic hydroxyl groups is 2. The third-order valence-electron chi connectivity index (χ3n) is 6.99. The van der Waals surface area contributed by atoms with Crippen molar-refractivity contribution >= 4 is 0 Å². The lowest BCUT2D eigenvalue weighted by atomic mass is 9.89. The van der Waals surface area contributed by atoms with Crippen molar-refractivity contribution in [3.05, 3.63) is 23.8 Å². The number of aliphatic hydroxyl groups excluding tert-OH is 2. The first-order valence-electron chi connectivity index (χ1n) is 11.8. The molecule has 3 N–H and O–H groups in total. The molecule has 3 aliphatic rings. The molecule has 0 aromatic carbocycles. The van der Waals surface area contributed by atoms with E-state index in [4.69, 9.17) is 0 Å². The van der Waals surface area contributed by atoms with Crippen molar-refractivity contribution in [3.63, 3.8) is 0 Å². The van der Waals surface area contributed by atoms with E-state index in [0.29, 0.717) is 11.8 Å². The minimum Gasteiger partial charge on any atom is -0.392 e. The van der Waals surface area contributed by atoms with Gasteiger partial charge in [0.25, 0.3) is 0 Å². The van der Waals surface area contributed by atoms with E-state index in [-0.39, 0.29) is 18.1 Å². The predicted molar refractivity (Wildman–Crippen MR) is 116 cm³/mol. The second-order valence-electron chi connectivity index (χ2n) is 9.26. The molecule has 0 bridgehead atoms. The Morgan fingerprint density at radius 3 is 2.86 bits per heavy atom. The molecule has 5 atom stereocenters. The minimum absolute atomic E-state index is 0.203. The van der Waals surface area contributed by atoms with E-state index in [0.717, 1.165) is 38.8 Å². The molecule has 0 aromatic rings. The zero-order valence-corrected chi connectivity index (χ0v) is 17.9. The summed E-state index contributed by atoms with van der Waals surface area (Å²) in [5.74, 6) is 1.24. The van der Waals surface area contributed by atoms with Crippen LogP contribution in [0.1, 0.15) is 64.7 Å². The van der Waals surface area contributed by atoms with Gasteiger partial charge in [-0.25, -0.2) is 0 Å². The Morgan fingerprint density at radius 1 is 1.25 bits per heavy atom. The standard InChI is InChI=1S/C24H42N2O2/c1-2-3-4-8-21(27)9-10-22-23-16-19(15-20(23)17-24(22)28)18-25-11-7-14-26-12-5-6-13-26/h9-10,15,20-25,27-28H,2-8,11-14,16-18H2,1H3/t20-,21-,22+,23-,24+/m0/s1. The number of nitrogens with zero attached hydrogens (tertiary/aromatic N) is 1. The topological polar surface area (TPSA) is 55.7 Å². The first kappa shape index (κ1) is 22.0. The smallest absolute Gasteiger partial charge is 0.0721 e. The van der Waals surface area contributed by atoms with Crippen molar-refractivity contribution < 1.29 is 10.2 Å². The third-order valence-corrected chi connectivity index (χ3v) is 6.99. The SMILES string of the molecule is CCCCC[C@H](O)C=C[C@@H]1[C@H]2CC(CNCCCN3CCCC3)=C[C@H]2C[C@H]1O. The lowest BCUT2D eigenvalue weighted by Gasteiger charge is -2.19. The van der Waals surface area contributed by atoms with Crippen LogP contribution >= 0.6 is 0 Å². The average molecular weight is 391 g/mol. The summed E-state index contributed by atoms with van der Waals surface area (Å²) >= 11 is 0. The molecule has 1 saturated heterocycles. The highest BCUT2D eigenvalue weighted by Gasteiger charge is 2.43. The summed E-state index contributed by atoms with van der Waals surface area (Å²) in [5, 5.41) is 24.3. The van der Waals surface area contributed by atoms with Crippen LogP contribution in [-0.4, -0.2) is 60.0 Å². The average Bonchev–Trinajstić information content (AvgIpc) is 3.37. The van der Waals surface area contributed by atoms with Crippen LogP contribution in [0.2, 0.25) is 0 Å². The molecule has 2 aliphatic carbocycles. The molecule has 3 rings (SSSR count). The summed E-state index contributed by atoms with van der Waals surface area (Å²) in [5.41, 5.74) is 1.52. The molecule has 0 unspecified atom stereocenters. The van der Waals surface area contributed by atoms with Gasteiger partial charge in [-0.15, -0.1) is 0 Å². The number of rotatable bonds is 12. The Bertz CT molecular complexity index is 513. The minimum atomic E-state index is -0.357. The molecule has 0 radical (unpaired) electrons. The summed E-state index contributed by atoms with van der Waals surface area (Å²) in [7, 11) is 0. The number of nitrogens with one attached hydrogen (secondary N) is 1. The lowest BCUT2D eigenvalue weighted by Crippen LogP contribution is -2.26. The van der Waals surface area contributed by atoms with E-state index in [1.165, 1.54) is 57.3 Å². The molecule has 2 fully saturated rings. The molecular weight excluding hydrogens is 348 g/mol. The van der Waals surface area contributed by atoms with Crippen LogP contribution < -0.4 is 5.32 Å². The highest BCUT2D eigenvalue weighted by molar-refractivity contribution is 5.21. The van der Waals surface area contributed by atoms with Gasteiger partial charge in [0.05, 0.1) is 12.2 Å². The van der Waals surface area contributed by atoms with E-state index >= 15 is 0 Å². The molecule has 28 heavy (non-hydrogen) atoms. The highest BCUT2D eigenvalue weighted by Crippen LogP contribution is 2.47. The van der Waals surface area contributed by atoms with Crippen LogP contribution in [0.3, 0.4) is 0 Å². The van der Waals surface area contributed by atoms with E-state index in [2.05, 4.69) is 29.3 Å². The first-order valence-corrected chi connectivity index (χ1v) is 11.8. The van der Waals surface area contributed by atoms with Gasteiger partial charge in [-0.2, -0.15) is 0 Å². The van der Waals surface area contributed by atoms with E-state index < -0.39 is 0 Å². The molecule has 1 saturated carbocycles. The van der Waals surface area contributed by atoms with Crippen molar-refractivity contribution in [2.75, 3.05) is 32.7 Å². The number of hydrogen-bond acceptors (Lipinski definition) is 4. The zero-order valence-electron chi connectivity index (χ0n) is 17.9. The molecule has 1 aliphatic heterocycles. The van der Waals surface area contributed by atoms with Crippen molar-refractivity contribution in [2.24, 2.45) is 17.8 Å². The third kappa shape index (κ3) is 6.41. The Labute approximate surface area is 172 Å². The van der Waals surface area contributed by atoms with Gasteiger partial charge in [-0.05, 0) is 76.5 Å².